The number of nitro benzene ring substituents is 1. The molecule has 1 aliphatic heterocycles. The van der Waals surface area contributed by atoms with E-state index in [1.165, 1.54) is 11.0 Å². The van der Waals surface area contributed by atoms with E-state index in [0.717, 1.165) is 11.1 Å². The van der Waals surface area contributed by atoms with Crippen molar-refractivity contribution in [3.63, 3.8) is 0 Å². The van der Waals surface area contributed by atoms with Crippen LogP contribution in [0.3, 0.4) is 0 Å². The molecule has 0 aromatic heterocycles. The number of nitro groups is 1. The highest BCUT2D eigenvalue weighted by atomic mass is 16.6. The number of hydrogen-bond acceptors (Lipinski definition) is 6. The molecule has 1 atom stereocenters. The fraction of sp³-hybridized carbons (Fsp3) is 0.440. The lowest BCUT2D eigenvalue weighted by Gasteiger charge is -2.48. The molecule has 1 fully saturated rings. The molecule has 9 heteroatoms. The predicted octanol–water partition coefficient (Wildman–Crippen LogP) is 4.64. The van der Waals surface area contributed by atoms with E-state index in [2.05, 4.69) is 5.32 Å². The fourth-order valence-electron chi connectivity index (χ4n) is 4.12. The van der Waals surface area contributed by atoms with Gasteiger partial charge in [0.15, 0.2) is 0 Å². The highest BCUT2D eigenvalue weighted by Crippen LogP contribution is 2.38. The molecule has 0 unspecified atom stereocenters. The number of rotatable bonds is 8. The molecule has 0 bridgehead atoms. The number of para-hydroxylation sites is 2. The normalized spacial score (nSPS) is 15.7. The van der Waals surface area contributed by atoms with E-state index in [1.54, 1.807) is 39.0 Å². The molecule has 0 radical (unpaired) electrons. The molecule has 3 rings (SSSR count). The number of aliphatic carboxylic acids is 1. The van der Waals surface area contributed by atoms with Crippen LogP contribution in [0.4, 0.5) is 16.2 Å². The highest BCUT2D eigenvalue weighted by molar-refractivity contribution is 5.81. The topological polar surface area (TPSA) is 122 Å². The minimum absolute atomic E-state index is 0.0141. The van der Waals surface area contributed by atoms with Crippen molar-refractivity contribution in [3.8, 4) is 0 Å². The number of likely N-dealkylation sites (tertiary alicyclic amines) is 1. The minimum atomic E-state index is -1.18. The zero-order valence-electron chi connectivity index (χ0n) is 19.9. The van der Waals surface area contributed by atoms with E-state index in [4.69, 9.17) is 4.74 Å². The number of carboxylic acid groups (broad SMARTS) is 1. The smallest absolute Gasteiger partial charge is 0.410 e. The summed E-state index contributed by atoms with van der Waals surface area (Å²) in [5.41, 5.74) is 0.466. The largest absolute Gasteiger partial charge is 0.481 e. The lowest BCUT2D eigenvalue weighted by Crippen LogP contribution is -2.64. The first kappa shape index (κ1) is 25.0. The summed E-state index contributed by atoms with van der Waals surface area (Å²) in [7, 11) is 0. The monoisotopic (exact) mass is 469 g/mol. The first-order valence-corrected chi connectivity index (χ1v) is 11.2. The summed E-state index contributed by atoms with van der Waals surface area (Å²) in [6.45, 7) is 7.27. The fourth-order valence-corrected chi connectivity index (χ4v) is 4.12. The summed E-state index contributed by atoms with van der Waals surface area (Å²) >= 11 is 0. The third-order valence-electron chi connectivity index (χ3n) is 5.79. The van der Waals surface area contributed by atoms with Crippen LogP contribution in [0.25, 0.3) is 0 Å². The van der Waals surface area contributed by atoms with Gasteiger partial charge < -0.3 is 20.1 Å². The predicted molar refractivity (Wildman–Crippen MR) is 128 cm³/mol. The zero-order valence-corrected chi connectivity index (χ0v) is 19.9. The molecule has 0 saturated carbocycles. The number of nitrogens with zero attached hydrogens (tertiary/aromatic N) is 2. The molecule has 1 aliphatic rings. The Balaban J connectivity index is 1.83. The van der Waals surface area contributed by atoms with Crippen molar-refractivity contribution in [2.75, 3.05) is 18.4 Å². The second-order valence-corrected chi connectivity index (χ2v) is 9.93. The molecule has 1 saturated heterocycles. The van der Waals surface area contributed by atoms with Gasteiger partial charge in [-0.25, -0.2) is 4.79 Å². The van der Waals surface area contributed by atoms with Crippen molar-refractivity contribution in [2.45, 2.75) is 52.2 Å². The van der Waals surface area contributed by atoms with Crippen molar-refractivity contribution in [1.82, 2.24) is 4.90 Å². The van der Waals surface area contributed by atoms with Crippen LogP contribution >= 0.6 is 0 Å². The van der Waals surface area contributed by atoms with Gasteiger partial charge in [-0.3, -0.25) is 14.9 Å². The second-order valence-electron chi connectivity index (χ2n) is 9.93. The van der Waals surface area contributed by atoms with Crippen LogP contribution in [0, 0.1) is 22.5 Å². The van der Waals surface area contributed by atoms with Gasteiger partial charge in [0, 0.05) is 25.2 Å². The first-order chi connectivity index (χ1) is 15.9. The number of ether oxygens (including phenoxy) is 1. The van der Waals surface area contributed by atoms with E-state index in [1.807, 2.05) is 31.2 Å². The quantitative estimate of drug-likeness (QED) is 0.427. The van der Waals surface area contributed by atoms with Gasteiger partial charge in [-0.2, -0.15) is 0 Å². The molecule has 34 heavy (non-hydrogen) atoms. The van der Waals surface area contributed by atoms with E-state index in [9.17, 15) is 24.8 Å². The number of aryl methyl sites for hydroxylation is 1. The Kier molecular flexibility index (Phi) is 7.14. The molecule has 182 valence electrons. The Bertz CT molecular complexity index is 1060. The van der Waals surface area contributed by atoms with E-state index in [-0.39, 0.29) is 25.2 Å². The van der Waals surface area contributed by atoms with E-state index < -0.39 is 34.0 Å². The Morgan fingerprint density at radius 1 is 1.18 bits per heavy atom. The summed E-state index contributed by atoms with van der Waals surface area (Å²) in [5, 5.41) is 24.8. The molecule has 1 amide bonds. The van der Waals surface area contributed by atoms with Crippen LogP contribution < -0.4 is 5.32 Å². The number of hydrogen-bond donors (Lipinski definition) is 2. The average Bonchev–Trinajstić information content (AvgIpc) is 2.70. The molecular formula is C25H31N3O6. The summed E-state index contributed by atoms with van der Waals surface area (Å²) in [5.74, 6) is -1.01. The molecular weight excluding hydrogens is 438 g/mol. The molecule has 2 aromatic rings. The lowest BCUT2D eigenvalue weighted by atomic mass is 9.74. The zero-order chi connectivity index (χ0) is 25.1. The standard InChI is InChI=1S/C25H31N3O6/c1-17-9-11-18(12-10-17)13-19(26-20-7-5-6-8-21(20)28(32)33)14-25(22(29)30)15-27(16-25)23(31)34-24(2,3)4/h5-12,19,26H,13-16H2,1-4H3,(H,29,30)/t19-/m0/s1. The number of carbonyl (C=O) groups is 2. The molecule has 2 N–H and O–H groups in total. The SMILES string of the molecule is Cc1ccc(C[C@@H](CC2(C(=O)O)CN(C(=O)OC(C)(C)C)C2)Nc2ccccc2[N+](=O)[O-])cc1. The molecule has 2 aromatic carbocycles. The summed E-state index contributed by atoms with van der Waals surface area (Å²) in [4.78, 5) is 37.1. The maximum absolute atomic E-state index is 12.4. The van der Waals surface area contributed by atoms with Crippen LogP contribution in [-0.4, -0.2) is 51.7 Å². The van der Waals surface area contributed by atoms with Gasteiger partial charge in [0.05, 0.1) is 4.92 Å². The summed E-state index contributed by atoms with van der Waals surface area (Å²) in [6, 6.07) is 13.7. The van der Waals surface area contributed by atoms with Gasteiger partial charge in [-0.1, -0.05) is 42.0 Å². The van der Waals surface area contributed by atoms with Gasteiger partial charge in [0.1, 0.15) is 16.7 Å². The summed E-state index contributed by atoms with van der Waals surface area (Å²) in [6.07, 6.45) is 0.0983. The lowest BCUT2D eigenvalue weighted by molar-refractivity contribution is -0.384. The van der Waals surface area contributed by atoms with Gasteiger partial charge >= 0.3 is 12.1 Å². The Hall–Kier alpha value is -3.62. The van der Waals surface area contributed by atoms with E-state index >= 15 is 0 Å². The highest BCUT2D eigenvalue weighted by Gasteiger charge is 2.53. The van der Waals surface area contributed by atoms with Crippen molar-refractivity contribution >= 4 is 23.4 Å². The third kappa shape index (κ3) is 6.03. The maximum atomic E-state index is 12.4. The van der Waals surface area contributed by atoms with Gasteiger partial charge in [-0.15, -0.1) is 0 Å². The van der Waals surface area contributed by atoms with Crippen molar-refractivity contribution in [2.24, 2.45) is 5.41 Å². The number of benzene rings is 2. The number of carboxylic acids is 1. The number of carbonyl (C=O) groups excluding carboxylic acids is 1. The molecule has 0 aliphatic carbocycles. The molecule has 0 spiro atoms. The van der Waals surface area contributed by atoms with E-state index in [0.29, 0.717) is 12.1 Å². The Morgan fingerprint density at radius 3 is 2.35 bits per heavy atom. The van der Waals surface area contributed by atoms with Crippen LogP contribution in [0.1, 0.15) is 38.3 Å². The van der Waals surface area contributed by atoms with Gasteiger partial charge in [0.2, 0.25) is 0 Å². The average molecular weight is 470 g/mol. The maximum Gasteiger partial charge on any atom is 0.410 e. The van der Waals surface area contributed by atoms with Crippen molar-refractivity contribution in [3.05, 3.63) is 69.8 Å². The van der Waals surface area contributed by atoms with Crippen LogP contribution in [0.2, 0.25) is 0 Å². The number of anilines is 1. The van der Waals surface area contributed by atoms with Crippen LogP contribution in [-0.2, 0) is 16.0 Å². The minimum Gasteiger partial charge on any atom is -0.481 e. The summed E-state index contributed by atoms with van der Waals surface area (Å²) < 4.78 is 5.37. The van der Waals surface area contributed by atoms with Crippen molar-refractivity contribution in [1.29, 1.82) is 0 Å². The number of amides is 1. The van der Waals surface area contributed by atoms with Crippen LogP contribution in [0.15, 0.2) is 48.5 Å². The first-order valence-electron chi connectivity index (χ1n) is 11.2. The second kappa shape index (κ2) is 9.70. The molecule has 1 heterocycles. The van der Waals surface area contributed by atoms with Gasteiger partial charge in [-0.05, 0) is 52.2 Å². The molecule has 9 nitrogen and oxygen atoms in total. The Morgan fingerprint density at radius 2 is 1.79 bits per heavy atom. The van der Waals surface area contributed by atoms with Crippen molar-refractivity contribution < 1.29 is 24.4 Å². The number of nitrogens with one attached hydrogen (secondary N) is 1. The Labute approximate surface area is 198 Å². The third-order valence-corrected chi connectivity index (χ3v) is 5.79. The van der Waals surface area contributed by atoms with Gasteiger partial charge in [0.25, 0.3) is 5.69 Å². The van der Waals surface area contributed by atoms with Crippen LogP contribution in [0.5, 0.6) is 0 Å².